The second-order valence-corrected chi connectivity index (χ2v) is 6.47. The molecule has 0 saturated heterocycles. The van der Waals surface area contributed by atoms with Crippen LogP contribution < -0.4 is 20.1 Å². The van der Waals surface area contributed by atoms with Crippen LogP contribution in [-0.4, -0.2) is 47.4 Å². The molecule has 0 saturated carbocycles. The van der Waals surface area contributed by atoms with E-state index < -0.39 is 10.0 Å². The van der Waals surface area contributed by atoms with E-state index in [2.05, 4.69) is 20.3 Å². The second kappa shape index (κ2) is 11.5. The molecule has 0 unspecified atom stereocenters. The first-order valence-electron chi connectivity index (χ1n) is 7.04. The summed E-state index contributed by atoms with van der Waals surface area (Å²) in [5, 5.41) is 6.18. The first kappa shape index (κ1) is 21.9. The Morgan fingerprint density at radius 1 is 1.17 bits per heavy atom. The number of methoxy groups -OCH3 is 1. The van der Waals surface area contributed by atoms with E-state index in [0.717, 1.165) is 24.1 Å². The molecule has 0 aliphatic heterocycles. The molecule has 9 heteroatoms. The Hall–Kier alpha value is -1.07. The number of hydrogen-bond donors (Lipinski definition) is 3. The Kier molecular flexibility index (Phi) is 10.9. The SMILES string of the molecule is CCNC(=NCc1ccc(OC)cc1)NCCNS(C)(=O)=O.I. The van der Waals surface area contributed by atoms with Crippen LogP contribution in [-0.2, 0) is 16.6 Å². The van der Waals surface area contributed by atoms with E-state index in [9.17, 15) is 8.42 Å². The van der Waals surface area contributed by atoms with Gasteiger partial charge in [0, 0.05) is 19.6 Å². The first-order valence-corrected chi connectivity index (χ1v) is 8.93. The summed E-state index contributed by atoms with van der Waals surface area (Å²) in [5.74, 6) is 1.46. The molecule has 7 nitrogen and oxygen atoms in total. The van der Waals surface area contributed by atoms with Gasteiger partial charge in [0.25, 0.3) is 0 Å². The van der Waals surface area contributed by atoms with Crippen molar-refractivity contribution in [2.24, 2.45) is 4.99 Å². The molecule has 0 aromatic heterocycles. The molecule has 1 aromatic rings. The first-order chi connectivity index (χ1) is 10.4. The summed E-state index contributed by atoms with van der Waals surface area (Å²) in [7, 11) is -1.53. The maximum absolute atomic E-state index is 11.0. The zero-order valence-electron chi connectivity index (χ0n) is 13.6. The minimum Gasteiger partial charge on any atom is -0.497 e. The quantitative estimate of drug-likeness (QED) is 0.234. The predicted molar refractivity (Wildman–Crippen MR) is 104 cm³/mol. The molecule has 0 atom stereocenters. The molecule has 0 aliphatic carbocycles. The Labute approximate surface area is 155 Å². The van der Waals surface area contributed by atoms with Crippen LogP contribution in [0.1, 0.15) is 12.5 Å². The van der Waals surface area contributed by atoms with Crippen molar-refractivity contribution >= 4 is 40.0 Å². The Morgan fingerprint density at radius 2 is 1.83 bits per heavy atom. The molecular formula is C14H25IN4O3S. The minimum absolute atomic E-state index is 0. The Morgan fingerprint density at radius 3 is 2.35 bits per heavy atom. The average molecular weight is 456 g/mol. The molecule has 0 heterocycles. The van der Waals surface area contributed by atoms with Crippen molar-refractivity contribution in [1.29, 1.82) is 0 Å². The van der Waals surface area contributed by atoms with Gasteiger partial charge in [-0.15, -0.1) is 24.0 Å². The highest BCUT2D eigenvalue weighted by atomic mass is 127. The van der Waals surface area contributed by atoms with Crippen LogP contribution in [0.5, 0.6) is 5.75 Å². The van der Waals surface area contributed by atoms with Crippen molar-refractivity contribution in [3.8, 4) is 5.75 Å². The lowest BCUT2D eigenvalue weighted by atomic mass is 10.2. The number of nitrogens with zero attached hydrogens (tertiary/aromatic N) is 1. The van der Waals surface area contributed by atoms with Gasteiger partial charge in [0.05, 0.1) is 19.9 Å². The summed E-state index contributed by atoms with van der Waals surface area (Å²) in [6.45, 7) is 4.00. The number of nitrogens with one attached hydrogen (secondary N) is 3. The molecule has 1 rings (SSSR count). The summed E-state index contributed by atoms with van der Waals surface area (Å²) in [6.07, 6.45) is 1.13. The van der Waals surface area contributed by atoms with Crippen LogP contribution in [0.4, 0.5) is 0 Å². The van der Waals surface area contributed by atoms with E-state index in [0.29, 0.717) is 25.6 Å². The fourth-order valence-electron chi connectivity index (χ4n) is 1.66. The Bertz CT molecular complexity index is 576. The van der Waals surface area contributed by atoms with Crippen molar-refractivity contribution in [2.45, 2.75) is 13.5 Å². The largest absolute Gasteiger partial charge is 0.497 e. The van der Waals surface area contributed by atoms with Crippen molar-refractivity contribution in [3.63, 3.8) is 0 Å². The molecular weight excluding hydrogens is 431 g/mol. The monoisotopic (exact) mass is 456 g/mol. The molecule has 0 aliphatic rings. The summed E-state index contributed by atoms with van der Waals surface area (Å²) in [5.41, 5.74) is 1.06. The van der Waals surface area contributed by atoms with Crippen LogP contribution >= 0.6 is 24.0 Å². The fraction of sp³-hybridized carbons (Fsp3) is 0.500. The molecule has 0 radical (unpaired) electrons. The van der Waals surface area contributed by atoms with Gasteiger partial charge in [0.1, 0.15) is 5.75 Å². The maximum Gasteiger partial charge on any atom is 0.208 e. The van der Waals surface area contributed by atoms with Crippen LogP contribution in [0.2, 0.25) is 0 Å². The van der Waals surface area contributed by atoms with Gasteiger partial charge in [0.15, 0.2) is 5.96 Å². The molecule has 1 aromatic carbocycles. The van der Waals surface area contributed by atoms with E-state index in [4.69, 9.17) is 4.74 Å². The highest BCUT2D eigenvalue weighted by Gasteiger charge is 2.01. The van der Waals surface area contributed by atoms with Crippen LogP contribution in [0.15, 0.2) is 29.3 Å². The number of hydrogen-bond acceptors (Lipinski definition) is 4. The lowest BCUT2D eigenvalue weighted by Gasteiger charge is -2.11. The van der Waals surface area contributed by atoms with E-state index in [-0.39, 0.29) is 24.0 Å². The Balaban J connectivity index is 0.00000484. The third kappa shape index (κ3) is 10.3. The van der Waals surface area contributed by atoms with Crippen LogP contribution in [0, 0.1) is 0 Å². The van der Waals surface area contributed by atoms with E-state index in [1.54, 1.807) is 7.11 Å². The topological polar surface area (TPSA) is 91.8 Å². The van der Waals surface area contributed by atoms with Gasteiger partial charge in [-0.05, 0) is 24.6 Å². The number of guanidine groups is 1. The molecule has 0 fully saturated rings. The van der Waals surface area contributed by atoms with Gasteiger partial charge in [-0.3, -0.25) is 0 Å². The molecule has 0 amide bonds. The van der Waals surface area contributed by atoms with Crippen molar-refractivity contribution in [1.82, 2.24) is 15.4 Å². The van der Waals surface area contributed by atoms with Gasteiger partial charge in [0.2, 0.25) is 10.0 Å². The lowest BCUT2D eigenvalue weighted by molar-refractivity contribution is 0.414. The van der Waals surface area contributed by atoms with Crippen LogP contribution in [0.3, 0.4) is 0 Å². The van der Waals surface area contributed by atoms with Gasteiger partial charge in [-0.2, -0.15) is 0 Å². The normalized spacial score (nSPS) is 11.5. The molecule has 0 bridgehead atoms. The van der Waals surface area contributed by atoms with Gasteiger partial charge in [-0.1, -0.05) is 12.1 Å². The third-order valence-corrected chi connectivity index (χ3v) is 3.43. The van der Waals surface area contributed by atoms with E-state index in [1.807, 2.05) is 31.2 Å². The zero-order valence-corrected chi connectivity index (χ0v) is 16.8. The summed E-state index contributed by atoms with van der Waals surface area (Å²) < 4.78 is 29.5. The molecule has 3 N–H and O–H groups in total. The lowest BCUT2D eigenvalue weighted by Crippen LogP contribution is -2.41. The summed E-state index contributed by atoms with van der Waals surface area (Å²) in [4.78, 5) is 4.45. The van der Waals surface area contributed by atoms with Gasteiger partial charge < -0.3 is 15.4 Å². The summed E-state index contributed by atoms with van der Waals surface area (Å²) >= 11 is 0. The molecule has 0 spiro atoms. The van der Waals surface area contributed by atoms with Gasteiger partial charge in [-0.25, -0.2) is 18.1 Å². The van der Waals surface area contributed by atoms with Crippen molar-refractivity contribution in [3.05, 3.63) is 29.8 Å². The molecule has 23 heavy (non-hydrogen) atoms. The number of halogens is 1. The zero-order chi connectivity index (χ0) is 16.4. The van der Waals surface area contributed by atoms with E-state index >= 15 is 0 Å². The predicted octanol–water partition coefficient (Wildman–Crippen LogP) is 0.918. The fourth-order valence-corrected chi connectivity index (χ4v) is 2.13. The standard InChI is InChI=1S/C14H24N4O3S.HI/c1-4-15-14(16-9-10-18-22(3,19)20)17-11-12-5-7-13(21-2)8-6-12;/h5-8,18H,4,9-11H2,1-3H3,(H2,15,16,17);1H. The smallest absolute Gasteiger partial charge is 0.208 e. The van der Waals surface area contributed by atoms with E-state index in [1.165, 1.54) is 0 Å². The highest BCUT2D eigenvalue weighted by Crippen LogP contribution is 2.11. The number of rotatable bonds is 8. The molecule has 132 valence electrons. The van der Waals surface area contributed by atoms with Crippen LogP contribution in [0.25, 0.3) is 0 Å². The maximum atomic E-state index is 11.0. The second-order valence-electron chi connectivity index (χ2n) is 4.64. The van der Waals surface area contributed by atoms with Gasteiger partial charge >= 0.3 is 0 Å². The number of sulfonamides is 1. The summed E-state index contributed by atoms with van der Waals surface area (Å²) in [6, 6.07) is 7.69. The average Bonchev–Trinajstić information content (AvgIpc) is 2.48. The minimum atomic E-state index is -3.16. The third-order valence-electron chi connectivity index (χ3n) is 2.70. The number of aliphatic imine (C=N–C) groups is 1. The highest BCUT2D eigenvalue weighted by molar-refractivity contribution is 14.0. The van der Waals surface area contributed by atoms with Crippen molar-refractivity contribution in [2.75, 3.05) is 33.0 Å². The number of benzene rings is 1. The van der Waals surface area contributed by atoms with Crippen molar-refractivity contribution < 1.29 is 13.2 Å². The number of ether oxygens (including phenoxy) is 1.